The maximum Gasteiger partial charge on any atom is 0.290 e. The molecule has 0 unspecified atom stereocenters. The SMILES string of the molecule is CCc1cccc(CC)c1NC(=O)C[n+]1ccc(N(C)C)cc1. The highest BCUT2D eigenvalue weighted by atomic mass is 16.1. The molecule has 0 fully saturated rings. The van der Waals surface area contributed by atoms with E-state index in [2.05, 4.69) is 37.4 Å². The van der Waals surface area contributed by atoms with Crippen molar-refractivity contribution in [2.45, 2.75) is 33.2 Å². The van der Waals surface area contributed by atoms with E-state index in [1.165, 1.54) is 11.1 Å². The number of anilines is 2. The van der Waals surface area contributed by atoms with Crippen molar-refractivity contribution in [3.05, 3.63) is 53.9 Å². The van der Waals surface area contributed by atoms with Crippen LogP contribution in [0.3, 0.4) is 0 Å². The molecule has 0 aliphatic rings. The first-order valence-electron chi connectivity index (χ1n) is 8.12. The van der Waals surface area contributed by atoms with E-state index in [0.717, 1.165) is 24.2 Å². The standard InChI is InChI=1S/C19H25N3O/c1-5-15-8-7-9-16(6-2)19(15)20-18(23)14-22-12-10-17(11-13-22)21(3)4/h7-13H,5-6,14H2,1-4H3/p+1. The molecule has 0 aliphatic carbocycles. The van der Waals surface area contributed by atoms with Gasteiger partial charge < -0.3 is 10.2 Å². The molecule has 1 aromatic heterocycles. The lowest BCUT2D eigenvalue weighted by atomic mass is 10.0. The Hall–Kier alpha value is -2.36. The van der Waals surface area contributed by atoms with Crippen LogP contribution in [0.1, 0.15) is 25.0 Å². The van der Waals surface area contributed by atoms with Gasteiger partial charge in [-0.1, -0.05) is 32.0 Å². The predicted molar refractivity (Wildman–Crippen MR) is 94.8 cm³/mol. The van der Waals surface area contributed by atoms with Gasteiger partial charge in [-0.3, -0.25) is 4.79 Å². The number of benzene rings is 1. The summed E-state index contributed by atoms with van der Waals surface area (Å²) in [5, 5.41) is 3.10. The van der Waals surface area contributed by atoms with Gasteiger partial charge >= 0.3 is 0 Å². The van der Waals surface area contributed by atoms with Gasteiger partial charge in [0.25, 0.3) is 5.91 Å². The smallest absolute Gasteiger partial charge is 0.290 e. The third kappa shape index (κ3) is 4.31. The Labute approximate surface area is 138 Å². The molecule has 0 aliphatic heterocycles. The summed E-state index contributed by atoms with van der Waals surface area (Å²) in [6.45, 7) is 4.53. The number of carbonyl (C=O) groups is 1. The van der Waals surface area contributed by atoms with Crippen molar-refractivity contribution >= 4 is 17.3 Å². The zero-order valence-corrected chi connectivity index (χ0v) is 14.5. The summed E-state index contributed by atoms with van der Waals surface area (Å²) in [4.78, 5) is 14.4. The molecule has 1 N–H and O–H groups in total. The third-order valence-electron chi connectivity index (χ3n) is 3.98. The van der Waals surface area contributed by atoms with Crippen LogP contribution in [-0.2, 0) is 24.2 Å². The van der Waals surface area contributed by atoms with E-state index < -0.39 is 0 Å². The van der Waals surface area contributed by atoms with E-state index in [0.29, 0.717) is 6.54 Å². The van der Waals surface area contributed by atoms with Crippen LogP contribution in [0.25, 0.3) is 0 Å². The van der Waals surface area contributed by atoms with Crippen LogP contribution in [0, 0.1) is 0 Å². The average Bonchev–Trinajstić information content (AvgIpc) is 2.55. The Bertz CT molecular complexity index is 641. The van der Waals surface area contributed by atoms with Crippen molar-refractivity contribution < 1.29 is 9.36 Å². The number of amides is 1. The fraction of sp³-hybridized carbons (Fsp3) is 0.368. The van der Waals surface area contributed by atoms with E-state index in [1.54, 1.807) is 0 Å². The lowest BCUT2D eigenvalue weighted by Gasteiger charge is -2.13. The van der Waals surface area contributed by atoms with Gasteiger partial charge in [0.15, 0.2) is 12.4 Å². The second-order valence-electron chi connectivity index (χ2n) is 5.83. The molecule has 2 aromatic rings. The Kier molecular flexibility index (Phi) is 5.74. The normalized spacial score (nSPS) is 10.4. The molecule has 0 radical (unpaired) electrons. The number of aryl methyl sites for hydroxylation is 2. The summed E-state index contributed by atoms with van der Waals surface area (Å²) in [5.74, 6) is 0.00297. The number of para-hydroxylation sites is 1. The van der Waals surface area contributed by atoms with Crippen molar-refractivity contribution in [1.82, 2.24) is 0 Å². The molecule has 1 heterocycles. The molecule has 2 rings (SSSR count). The van der Waals surface area contributed by atoms with Gasteiger partial charge in [-0.2, -0.15) is 4.57 Å². The number of rotatable bonds is 6. The Balaban J connectivity index is 2.10. The van der Waals surface area contributed by atoms with Gasteiger partial charge in [0.05, 0.1) is 0 Å². The number of nitrogens with one attached hydrogen (secondary N) is 1. The molecule has 4 nitrogen and oxygen atoms in total. The zero-order chi connectivity index (χ0) is 16.8. The minimum Gasteiger partial charge on any atom is -0.377 e. The molecule has 122 valence electrons. The van der Waals surface area contributed by atoms with E-state index in [-0.39, 0.29) is 5.91 Å². The van der Waals surface area contributed by atoms with Crippen LogP contribution >= 0.6 is 0 Å². The fourth-order valence-electron chi connectivity index (χ4n) is 2.60. The first kappa shape index (κ1) is 17.0. The topological polar surface area (TPSA) is 36.2 Å². The Morgan fingerprint density at radius 1 is 1.04 bits per heavy atom. The van der Waals surface area contributed by atoms with Crippen LogP contribution in [0.2, 0.25) is 0 Å². The largest absolute Gasteiger partial charge is 0.377 e. The van der Waals surface area contributed by atoms with Gasteiger partial charge in [0.1, 0.15) is 0 Å². The molecule has 0 atom stereocenters. The zero-order valence-electron chi connectivity index (χ0n) is 14.5. The highest BCUT2D eigenvalue weighted by Crippen LogP contribution is 2.22. The maximum absolute atomic E-state index is 12.4. The molecule has 1 amide bonds. The van der Waals surface area contributed by atoms with E-state index >= 15 is 0 Å². The van der Waals surface area contributed by atoms with Crippen LogP contribution in [0.15, 0.2) is 42.7 Å². The summed E-state index contributed by atoms with van der Waals surface area (Å²) in [7, 11) is 4.00. The first-order valence-corrected chi connectivity index (χ1v) is 8.12. The number of carbonyl (C=O) groups excluding carboxylic acids is 1. The Morgan fingerprint density at radius 2 is 1.61 bits per heavy atom. The maximum atomic E-state index is 12.4. The third-order valence-corrected chi connectivity index (χ3v) is 3.98. The molecule has 1 aromatic carbocycles. The minimum atomic E-state index is 0.00297. The van der Waals surface area contributed by atoms with Gasteiger partial charge in [-0.25, -0.2) is 0 Å². The number of hydrogen-bond acceptors (Lipinski definition) is 2. The number of nitrogens with zero attached hydrogens (tertiary/aromatic N) is 2. The fourth-order valence-corrected chi connectivity index (χ4v) is 2.60. The summed E-state index contributed by atoms with van der Waals surface area (Å²) in [5.41, 5.74) is 4.47. The van der Waals surface area contributed by atoms with Gasteiger partial charge in [0, 0.05) is 37.6 Å². The van der Waals surface area contributed by atoms with Crippen LogP contribution in [0.5, 0.6) is 0 Å². The van der Waals surface area contributed by atoms with Crippen LogP contribution < -0.4 is 14.8 Å². The van der Waals surface area contributed by atoms with E-state index in [4.69, 9.17) is 0 Å². The minimum absolute atomic E-state index is 0.00297. The average molecular weight is 312 g/mol. The molecule has 4 heteroatoms. The van der Waals surface area contributed by atoms with Crippen molar-refractivity contribution in [2.24, 2.45) is 0 Å². The molecule has 0 saturated heterocycles. The molecule has 0 saturated carbocycles. The van der Waals surface area contributed by atoms with Gasteiger partial charge in [-0.15, -0.1) is 0 Å². The monoisotopic (exact) mass is 312 g/mol. The number of aromatic nitrogens is 1. The number of pyridine rings is 1. The quantitative estimate of drug-likeness (QED) is 0.833. The number of hydrogen-bond donors (Lipinski definition) is 1. The molecular formula is C19H26N3O+. The summed E-state index contributed by atoms with van der Waals surface area (Å²) >= 11 is 0. The van der Waals surface area contributed by atoms with Crippen LogP contribution in [0.4, 0.5) is 11.4 Å². The molecular weight excluding hydrogens is 286 g/mol. The molecule has 23 heavy (non-hydrogen) atoms. The first-order chi connectivity index (χ1) is 11.0. The highest BCUT2D eigenvalue weighted by Gasteiger charge is 2.14. The van der Waals surface area contributed by atoms with Crippen molar-refractivity contribution in [1.29, 1.82) is 0 Å². The van der Waals surface area contributed by atoms with E-state index in [9.17, 15) is 4.79 Å². The second-order valence-corrected chi connectivity index (χ2v) is 5.83. The van der Waals surface area contributed by atoms with Crippen molar-refractivity contribution in [3.8, 4) is 0 Å². The second kappa shape index (κ2) is 7.77. The summed E-state index contributed by atoms with van der Waals surface area (Å²) < 4.78 is 1.89. The summed E-state index contributed by atoms with van der Waals surface area (Å²) in [6, 6.07) is 10.2. The van der Waals surface area contributed by atoms with Gasteiger partial charge in [-0.05, 0) is 24.0 Å². The van der Waals surface area contributed by atoms with Crippen LogP contribution in [-0.4, -0.2) is 20.0 Å². The van der Waals surface area contributed by atoms with Gasteiger partial charge in [0.2, 0.25) is 6.54 Å². The summed E-state index contributed by atoms with van der Waals surface area (Å²) in [6.07, 6.45) is 5.69. The highest BCUT2D eigenvalue weighted by molar-refractivity contribution is 5.91. The molecule has 0 bridgehead atoms. The lowest BCUT2D eigenvalue weighted by molar-refractivity contribution is -0.684. The van der Waals surface area contributed by atoms with Crippen molar-refractivity contribution in [3.63, 3.8) is 0 Å². The molecule has 0 spiro atoms. The predicted octanol–water partition coefficient (Wildman–Crippen LogP) is 2.80. The lowest BCUT2D eigenvalue weighted by Crippen LogP contribution is -2.39. The van der Waals surface area contributed by atoms with Crippen molar-refractivity contribution in [2.75, 3.05) is 24.3 Å². The van der Waals surface area contributed by atoms with E-state index in [1.807, 2.05) is 48.1 Å². The Morgan fingerprint density at radius 3 is 2.09 bits per heavy atom.